The number of hydrogen-bond donors (Lipinski definition) is 2. The van der Waals surface area contributed by atoms with Gasteiger partial charge in [0, 0.05) is 11.3 Å². The lowest BCUT2D eigenvalue weighted by Gasteiger charge is -2.22. The molecule has 1 aromatic heterocycles. The van der Waals surface area contributed by atoms with Crippen LogP contribution in [0, 0.1) is 0 Å². The van der Waals surface area contributed by atoms with Crippen LogP contribution in [0.25, 0.3) is 0 Å². The Bertz CT molecular complexity index is 688. The summed E-state index contributed by atoms with van der Waals surface area (Å²) in [6, 6.07) is 5.82. The second kappa shape index (κ2) is 8.16. The molecule has 0 radical (unpaired) electrons. The highest BCUT2D eigenvalue weighted by Crippen LogP contribution is 2.22. The van der Waals surface area contributed by atoms with Gasteiger partial charge in [0.2, 0.25) is 0 Å². The molecule has 0 aliphatic carbocycles. The number of nitrogens with zero attached hydrogens (tertiary/aromatic N) is 3. The van der Waals surface area contributed by atoms with Crippen molar-refractivity contribution in [1.29, 1.82) is 0 Å². The molecule has 1 aromatic carbocycles. The fraction of sp³-hybridized carbons (Fsp3) is 0.400. The number of carbonyl (C=O) groups is 1. The quantitative estimate of drug-likeness (QED) is 0.882. The van der Waals surface area contributed by atoms with E-state index in [9.17, 15) is 13.6 Å². The summed E-state index contributed by atoms with van der Waals surface area (Å²) in [4.78, 5) is 12.2. The highest BCUT2D eigenvalue weighted by atomic mass is 35.5. The summed E-state index contributed by atoms with van der Waals surface area (Å²) >= 11 is 0. The monoisotopic (exact) mass is 357 g/mol. The van der Waals surface area contributed by atoms with E-state index in [0.717, 1.165) is 25.9 Å². The third-order valence-electron chi connectivity index (χ3n) is 3.82. The number of benzene rings is 1. The van der Waals surface area contributed by atoms with E-state index in [2.05, 4.69) is 20.9 Å². The number of halogens is 3. The van der Waals surface area contributed by atoms with Crippen molar-refractivity contribution in [2.45, 2.75) is 25.3 Å². The van der Waals surface area contributed by atoms with Crippen LogP contribution in [-0.4, -0.2) is 34.0 Å². The third kappa shape index (κ3) is 4.27. The Hall–Kier alpha value is -2.06. The van der Waals surface area contributed by atoms with Crippen LogP contribution in [0.1, 0.15) is 41.4 Å². The van der Waals surface area contributed by atoms with Crippen molar-refractivity contribution in [2.75, 3.05) is 18.4 Å². The Labute approximate surface area is 144 Å². The standard InChI is InChI=1S/C15H17F2N5O.ClH/c16-14(17)10-2-1-3-11(8-10)19-15(23)13-9-22(21-20-13)12-4-6-18-7-5-12;/h1-3,8-9,12,14,18H,4-7H2,(H,19,23);1H. The van der Waals surface area contributed by atoms with Crippen LogP contribution in [0.2, 0.25) is 0 Å². The van der Waals surface area contributed by atoms with Crippen molar-refractivity contribution in [3.63, 3.8) is 0 Å². The van der Waals surface area contributed by atoms with Crippen LogP contribution < -0.4 is 10.6 Å². The lowest BCUT2D eigenvalue weighted by Crippen LogP contribution is -2.29. The molecule has 0 saturated carbocycles. The van der Waals surface area contributed by atoms with Crippen LogP contribution in [-0.2, 0) is 0 Å². The molecule has 0 unspecified atom stereocenters. The van der Waals surface area contributed by atoms with E-state index >= 15 is 0 Å². The van der Waals surface area contributed by atoms with Gasteiger partial charge in [-0.2, -0.15) is 0 Å². The molecule has 6 nitrogen and oxygen atoms in total. The van der Waals surface area contributed by atoms with Gasteiger partial charge in [0.05, 0.1) is 12.2 Å². The fourth-order valence-corrected chi connectivity index (χ4v) is 2.58. The molecule has 0 atom stereocenters. The highest BCUT2D eigenvalue weighted by Gasteiger charge is 2.19. The molecule has 0 bridgehead atoms. The molecule has 9 heteroatoms. The zero-order chi connectivity index (χ0) is 16.2. The molecule has 1 amide bonds. The molecule has 24 heavy (non-hydrogen) atoms. The second-order valence-corrected chi connectivity index (χ2v) is 5.45. The Morgan fingerprint density at radius 3 is 2.79 bits per heavy atom. The highest BCUT2D eigenvalue weighted by molar-refractivity contribution is 6.02. The van der Waals surface area contributed by atoms with Crippen LogP contribution in [0.5, 0.6) is 0 Å². The Morgan fingerprint density at radius 1 is 1.33 bits per heavy atom. The third-order valence-corrected chi connectivity index (χ3v) is 3.82. The van der Waals surface area contributed by atoms with E-state index in [-0.39, 0.29) is 29.7 Å². The lowest BCUT2D eigenvalue weighted by atomic mass is 10.1. The number of rotatable bonds is 4. The predicted octanol–water partition coefficient (Wildman–Crippen LogP) is 2.81. The van der Waals surface area contributed by atoms with Gasteiger partial charge in [-0.1, -0.05) is 17.3 Å². The molecule has 130 valence electrons. The number of hydrogen-bond acceptors (Lipinski definition) is 4. The minimum atomic E-state index is -2.58. The van der Waals surface area contributed by atoms with Crippen LogP contribution in [0.3, 0.4) is 0 Å². The summed E-state index contributed by atoms with van der Waals surface area (Å²) in [6.45, 7) is 1.82. The maximum absolute atomic E-state index is 12.7. The maximum atomic E-state index is 12.7. The number of carbonyl (C=O) groups excluding carboxylic acids is 1. The summed E-state index contributed by atoms with van der Waals surface area (Å²) < 4.78 is 27.0. The summed E-state index contributed by atoms with van der Waals surface area (Å²) in [5.74, 6) is -0.461. The zero-order valence-electron chi connectivity index (χ0n) is 12.8. The number of aromatic nitrogens is 3. The molecule has 2 aromatic rings. The van der Waals surface area contributed by atoms with Crippen LogP contribution in [0.15, 0.2) is 30.5 Å². The van der Waals surface area contributed by atoms with Crippen LogP contribution >= 0.6 is 12.4 Å². The molecule has 1 fully saturated rings. The number of alkyl halides is 2. The van der Waals surface area contributed by atoms with E-state index in [0.29, 0.717) is 5.69 Å². The van der Waals surface area contributed by atoms with E-state index in [4.69, 9.17) is 0 Å². The first-order chi connectivity index (χ1) is 11.1. The van der Waals surface area contributed by atoms with Gasteiger partial charge < -0.3 is 10.6 Å². The summed E-state index contributed by atoms with van der Waals surface area (Å²) in [5, 5.41) is 13.7. The summed E-state index contributed by atoms with van der Waals surface area (Å²) in [5.41, 5.74) is 0.344. The Morgan fingerprint density at radius 2 is 2.08 bits per heavy atom. The molecular formula is C15H18ClF2N5O. The predicted molar refractivity (Wildman–Crippen MR) is 87.8 cm³/mol. The number of piperidine rings is 1. The van der Waals surface area contributed by atoms with Crippen molar-refractivity contribution >= 4 is 24.0 Å². The molecule has 1 saturated heterocycles. The fourth-order valence-electron chi connectivity index (χ4n) is 2.58. The van der Waals surface area contributed by atoms with Crippen molar-refractivity contribution in [1.82, 2.24) is 20.3 Å². The summed E-state index contributed by atoms with van der Waals surface area (Å²) in [7, 11) is 0. The largest absolute Gasteiger partial charge is 0.321 e. The lowest BCUT2D eigenvalue weighted by molar-refractivity contribution is 0.102. The number of nitrogens with one attached hydrogen (secondary N) is 2. The van der Waals surface area contributed by atoms with Crippen LogP contribution in [0.4, 0.5) is 14.5 Å². The molecule has 1 aliphatic heterocycles. The van der Waals surface area contributed by atoms with E-state index in [1.165, 1.54) is 18.2 Å². The Kier molecular flexibility index (Phi) is 6.22. The van der Waals surface area contributed by atoms with E-state index < -0.39 is 12.3 Å². The van der Waals surface area contributed by atoms with Gasteiger partial charge in [0.25, 0.3) is 12.3 Å². The van der Waals surface area contributed by atoms with Crippen molar-refractivity contribution < 1.29 is 13.6 Å². The smallest absolute Gasteiger partial charge is 0.277 e. The van der Waals surface area contributed by atoms with Gasteiger partial charge in [-0.3, -0.25) is 4.79 Å². The van der Waals surface area contributed by atoms with Gasteiger partial charge in [0.15, 0.2) is 5.69 Å². The van der Waals surface area contributed by atoms with E-state index in [1.54, 1.807) is 16.9 Å². The first-order valence-corrected chi connectivity index (χ1v) is 7.45. The zero-order valence-corrected chi connectivity index (χ0v) is 13.6. The first kappa shape index (κ1) is 18.3. The minimum absolute atomic E-state index is 0. The van der Waals surface area contributed by atoms with E-state index in [1.807, 2.05) is 0 Å². The average Bonchev–Trinajstić information content (AvgIpc) is 3.06. The number of amides is 1. The van der Waals surface area contributed by atoms with Gasteiger partial charge in [0.1, 0.15) is 0 Å². The topological polar surface area (TPSA) is 71.8 Å². The molecule has 0 spiro atoms. The molecule has 2 heterocycles. The molecule has 1 aliphatic rings. The molecule has 3 rings (SSSR count). The van der Waals surface area contributed by atoms with Gasteiger partial charge in [-0.25, -0.2) is 13.5 Å². The summed E-state index contributed by atoms with van der Waals surface area (Å²) in [6.07, 6.45) is 0.886. The first-order valence-electron chi connectivity index (χ1n) is 7.45. The second-order valence-electron chi connectivity index (χ2n) is 5.45. The maximum Gasteiger partial charge on any atom is 0.277 e. The van der Waals surface area contributed by atoms with Crippen molar-refractivity contribution in [2.24, 2.45) is 0 Å². The Balaban J connectivity index is 0.00000208. The molecule has 2 N–H and O–H groups in total. The SMILES string of the molecule is Cl.O=C(Nc1cccc(C(F)F)c1)c1cn(C2CCNCC2)nn1. The normalized spacial score (nSPS) is 15.1. The van der Waals surface area contributed by atoms with Gasteiger partial charge in [-0.15, -0.1) is 17.5 Å². The average molecular weight is 358 g/mol. The van der Waals surface area contributed by atoms with Gasteiger partial charge >= 0.3 is 0 Å². The number of anilines is 1. The van der Waals surface area contributed by atoms with Crippen molar-refractivity contribution in [3.8, 4) is 0 Å². The van der Waals surface area contributed by atoms with Gasteiger partial charge in [-0.05, 0) is 38.1 Å². The minimum Gasteiger partial charge on any atom is -0.321 e. The van der Waals surface area contributed by atoms with Crippen molar-refractivity contribution in [3.05, 3.63) is 41.7 Å². The molecular weight excluding hydrogens is 340 g/mol.